The Balaban J connectivity index is 1.38. The van der Waals surface area contributed by atoms with Crippen molar-refractivity contribution in [2.75, 3.05) is 13.1 Å². The summed E-state index contributed by atoms with van der Waals surface area (Å²) < 4.78 is 0. The fraction of sp³-hybridized carbons (Fsp3) is 0.550. The third kappa shape index (κ3) is 3.61. The number of benzene rings is 1. The van der Waals surface area contributed by atoms with E-state index in [0.29, 0.717) is 11.8 Å². The number of piperidine rings is 1. The summed E-state index contributed by atoms with van der Waals surface area (Å²) in [5.41, 5.74) is 1.13. The normalized spacial score (nSPS) is 19.8. The van der Waals surface area contributed by atoms with Crippen molar-refractivity contribution in [3.63, 3.8) is 0 Å². The minimum Gasteiger partial charge on any atom is -0.342 e. The number of nitrogens with zero attached hydrogens (tertiary/aromatic N) is 3. The van der Waals surface area contributed by atoms with Crippen LogP contribution >= 0.6 is 11.3 Å². The molecule has 0 N–H and O–H groups in total. The Morgan fingerprint density at radius 1 is 1.08 bits per heavy atom. The number of carbonyl (C=O) groups is 1. The summed E-state index contributed by atoms with van der Waals surface area (Å²) in [7, 11) is 0. The van der Waals surface area contributed by atoms with E-state index < -0.39 is 0 Å². The molecule has 2 fully saturated rings. The molecule has 0 bridgehead atoms. The van der Waals surface area contributed by atoms with Gasteiger partial charge in [-0.15, -0.1) is 21.5 Å². The Bertz CT molecular complexity index is 718. The van der Waals surface area contributed by atoms with Gasteiger partial charge in [0.2, 0.25) is 5.91 Å². The van der Waals surface area contributed by atoms with Gasteiger partial charge in [0.15, 0.2) is 0 Å². The molecule has 4 rings (SSSR count). The van der Waals surface area contributed by atoms with Gasteiger partial charge in [-0.25, -0.2) is 0 Å². The second-order valence-electron chi connectivity index (χ2n) is 7.22. The number of likely N-dealkylation sites (tertiary alicyclic amines) is 1. The maximum atomic E-state index is 13.0. The molecule has 1 saturated carbocycles. The Morgan fingerprint density at radius 3 is 2.24 bits per heavy atom. The number of hydrogen-bond acceptors (Lipinski definition) is 4. The summed E-state index contributed by atoms with van der Waals surface area (Å²) >= 11 is 1.80. The molecule has 1 aliphatic heterocycles. The molecular weight excluding hydrogens is 330 g/mol. The lowest BCUT2D eigenvalue weighted by Gasteiger charge is -2.33. The van der Waals surface area contributed by atoms with Crippen molar-refractivity contribution in [3.05, 3.63) is 45.9 Å². The van der Waals surface area contributed by atoms with Crippen LogP contribution in [0.1, 0.15) is 72.4 Å². The first-order valence-corrected chi connectivity index (χ1v) is 10.2. The quantitative estimate of drug-likeness (QED) is 0.802. The van der Waals surface area contributed by atoms with Gasteiger partial charge in [0.25, 0.3) is 0 Å². The van der Waals surface area contributed by atoms with Gasteiger partial charge in [0.1, 0.15) is 10.0 Å². The second kappa shape index (κ2) is 7.24. The van der Waals surface area contributed by atoms with Crippen molar-refractivity contribution < 1.29 is 4.79 Å². The molecule has 4 nitrogen and oxygen atoms in total. The molecule has 132 valence electrons. The standard InChI is InChI=1S/C20H25N3OS/c1-2-17(14-6-4-3-5-7-14)20(24)23-12-10-16(11-13-23)19-22-21-18(25-19)15-8-9-15/h3-7,15-17H,2,8-13H2,1H3/t17-/m1/s1. The number of aromatic nitrogens is 2. The van der Waals surface area contributed by atoms with E-state index in [-0.39, 0.29) is 11.8 Å². The van der Waals surface area contributed by atoms with E-state index in [1.54, 1.807) is 11.3 Å². The lowest BCUT2D eigenvalue weighted by Crippen LogP contribution is -2.40. The zero-order valence-corrected chi connectivity index (χ0v) is 15.5. The number of amides is 1. The van der Waals surface area contributed by atoms with Crippen LogP contribution < -0.4 is 0 Å². The molecular formula is C20H25N3OS. The molecule has 2 aromatic rings. The Hall–Kier alpha value is -1.75. The third-order valence-corrected chi connectivity index (χ3v) is 6.70. The molecule has 1 amide bonds. The van der Waals surface area contributed by atoms with Gasteiger partial charge in [-0.3, -0.25) is 4.79 Å². The van der Waals surface area contributed by atoms with Crippen molar-refractivity contribution in [3.8, 4) is 0 Å². The van der Waals surface area contributed by atoms with Gasteiger partial charge < -0.3 is 4.90 Å². The molecule has 1 aromatic carbocycles. The number of carbonyl (C=O) groups excluding carboxylic acids is 1. The topological polar surface area (TPSA) is 46.1 Å². The van der Waals surface area contributed by atoms with Gasteiger partial charge in [-0.1, -0.05) is 37.3 Å². The first kappa shape index (κ1) is 16.7. The Morgan fingerprint density at radius 2 is 1.68 bits per heavy atom. The lowest BCUT2D eigenvalue weighted by atomic mass is 9.92. The summed E-state index contributed by atoms with van der Waals surface area (Å²) in [6.07, 6.45) is 5.43. The highest BCUT2D eigenvalue weighted by atomic mass is 32.1. The maximum absolute atomic E-state index is 13.0. The Labute approximate surface area is 153 Å². The molecule has 1 saturated heterocycles. The monoisotopic (exact) mass is 355 g/mol. The first-order valence-electron chi connectivity index (χ1n) is 9.43. The van der Waals surface area contributed by atoms with Gasteiger partial charge in [-0.05, 0) is 37.7 Å². The van der Waals surface area contributed by atoms with E-state index >= 15 is 0 Å². The van der Waals surface area contributed by atoms with Crippen LogP contribution in [-0.4, -0.2) is 34.1 Å². The van der Waals surface area contributed by atoms with Gasteiger partial charge in [0, 0.05) is 24.9 Å². The largest absolute Gasteiger partial charge is 0.342 e. The molecule has 2 heterocycles. The minimum atomic E-state index is -0.0132. The highest BCUT2D eigenvalue weighted by Crippen LogP contribution is 2.43. The summed E-state index contributed by atoms with van der Waals surface area (Å²) in [6.45, 7) is 3.78. The molecule has 0 unspecified atom stereocenters. The Kier molecular flexibility index (Phi) is 4.84. The van der Waals surface area contributed by atoms with E-state index in [9.17, 15) is 4.79 Å². The van der Waals surface area contributed by atoms with E-state index in [2.05, 4.69) is 34.2 Å². The third-order valence-electron chi connectivity index (χ3n) is 5.45. The molecule has 2 aliphatic rings. The fourth-order valence-electron chi connectivity index (χ4n) is 3.71. The second-order valence-corrected chi connectivity index (χ2v) is 8.26. The molecule has 25 heavy (non-hydrogen) atoms. The van der Waals surface area contributed by atoms with Crippen LogP contribution in [0.15, 0.2) is 30.3 Å². The molecule has 5 heteroatoms. The maximum Gasteiger partial charge on any atom is 0.230 e. The van der Waals surface area contributed by atoms with E-state index in [4.69, 9.17) is 0 Å². The first-order chi connectivity index (χ1) is 12.3. The number of rotatable bonds is 5. The van der Waals surface area contributed by atoms with Crippen LogP contribution in [0.4, 0.5) is 0 Å². The fourth-order valence-corrected chi connectivity index (χ4v) is 4.89. The van der Waals surface area contributed by atoms with Crippen LogP contribution in [0.5, 0.6) is 0 Å². The highest BCUT2D eigenvalue weighted by molar-refractivity contribution is 7.11. The highest BCUT2D eigenvalue weighted by Gasteiger charge is 2.32. The van der Waals surface area contributed by atoms with Crippen LogP contribution in [-0.2, 0) is 4.79 Å². The predicted molar refractivity (Wildman–Crippen MR) is 99.9 cm³/mol. The van der Waals surface area contributed by atoms with Crippen molar-refractivity contribution in [2.45, 2.75) is 56.8 Å². The van der Waals surface area contributed by atoms with Crippen LogP contribution in [0.2, 0.25) is 0 Å². The van der Waals surface area contributed by atoms with E-state index in [1.165, 1.54) is 22.9 Å². The SMILES string of the molecule is CC[C@@H](C(=O)N1CCC(c2nnc(C3CC3)s2)CC1)c1ccccc1. The summed E-state index contributed by atoms with van der Waals surface area (Å²) in [5, 5.41) is 11.2. The smallest absolute Gasteiger partial charge is 0.230 e. The molecule has 1 aromatic heterocycles. The van der Waals surface area contributed by atoms with Crippen molar-refractivity contribution >= 4 is 17.2 Å². The van der Waals surface area contributed by atoms with E-state index in [1.807, 2.05) is 18.2 Å². The number of hydrogen-bond donors (Lipinski definition) is 0. The van der Waals surface area contributed by atoms with Crippen molar-refractivity contribution in [2.24, 2.45) is 0 Å². The summed E-state index contributed by atoms with van der Waals surface area (Å²) in [4.78, 5) is 15.0. The van der Waals surface area contributed by atoms with Crippen molar-refractivity contribution in [1.82, 2.24) is 15.1 Å². The van der Waals surface area contributed by atoms with Gasteiger partial charge >= 0.3 is 0 Å². The average molecular weight is 356 g/mol. The van der Waals surface area contributed by atoms with E-state index in [0.717, 1.165) is 37.9 Å². The van der Waals surface area contributed by atoms with Crippen molar-refractivity contribution in [1.29, 1.82) is 0 Å². The average Bonchev–Trinajstić information content (AvgIpc) is 3.40. The molecule has 1 atom stereocenters. The zero-order chi connectivity index (χ0) is 17.2. The molecule has 0 radical (unpaired) electrons. The predicted octanol–water partition coefficient (Wildman–Crippen LogP) is 4.32. The lowest BCUT2D eigenvalue weighted by molar-refractivity contribution is -0.134. The van der Waals surface area contributed by atoms with Gasteiger partial charge in [0.05, 0.1) is 5.92 Å². The van der Waals surface area contributed by atoms with Crippen LogP contribution in [0.25, 0.3) is 0 Å². The summed E-state index contributed by atoms with van der Waals surface area (Å²) in [6, 6.07) is 10.2. The van der Waals surface area contributed by atoms with Crippen LogP contribution in [0, 0.1) is 0 Å². The van der Waals surface area contributed by atoms with Gasteiger partial charge in [-0.2, -0.15) is 0 Å². The summed E-state index contributed by atoms with van der Waals surface area (Å²) in [5.74, 6) is 1.43. The molecule has 0 spiro atoms. The molecule has 1 aliphatic carbocycles. The minimum absolute atomic E-state index is 0.0132. The zero-order valence-electron chi connectivity index (χ0n) is 14.7. The van der Waals surface area contributed by atoms with Crippen LogP contribution in [0.3, 0.4) is 0 Å².